The van der Waals surface area contributed by atoms with Gasteiger partial charge in [-0.1, -0.05) is 44.0 Å². The van der Waals surface area contributed by atoms with Gasteiger partial charge in [0.2, 0.25) is 0 Å². The van der Waals surface area contributed by atoms with Gasteiger partial charge >= 0.3 is 0 Å². The molecule has 0 unspecified atom stereocenters. The van der Waals surface area contributed by atoms with Gasteiger partial charge in [0.05, 0.1) is 0 Å². The molecule has 0 aliphatic rings. The van der Waals surface area contributed by atoms with Gasteiger partial charge in [-0.3, -0.25) is 4.79 Å². The lowest BCUT2D eigenvalue weighted by Crippen LogP contribution is -2.25. The van der Waals surface area contributed by atoms with Gasteiger partial charge in [0.15, 0.2) is 0 Å². The molecule has 0 aliphatic heterocycles. The Labute approximate surface area is 126 Å². The van der Waals surface area contributed by atoms with Crippen molar-refractivity contribution < 1.29 is 4.79 Å². The summed E-state index contributed by atoms with van der Waals surface area (Å²) in [6.45, 7) is 5.65. The molecular formula is C17H23N3O. The third-order valence-electron chi connectivity index (χ3n) is 3.38. The van der Waals surface area contributed by atoms with Gasteiger partial charge in [0.1, 0.15) is 11.5 Å². The maximum atomic E-state index is 12.2. The van der Waals surface area contributed by atoms with E-state index < -0.39 is 0 Å². The number of aromatic nitrogens is 1. The van der Waals surface area contributed by atoms with Crippen LogP contribution in [0.1, 0.15) is 43.6 Å². The molecule has 0 aliphatic carbocycles. The van der Waals surface area contributed by atoms with Gasteiger partial charge in [-0.15, -0.1) is 0 Å². The Hall–Kier alpha value is -2.10. The first-order chi connectivity index (χ1) is 10.3. The number of carbonyl (C=O) groups is 1. The van der Waals surface area contributed by atoms with E-state index in [4.69, 9.17) is 0 Å². The predicted molar refractivity (Wildman–Crippen MR) is 87.8 cm³/mol. The van der Waals surface area contributed by atoms with Crippen molar-refractivity contribution in [3.8, 4) is 0 Å². The van der Waals surface area contributed by atoms with Crippen molar-refractivity contribution in [3.63, 3.8) is 0 Å². The maximum absolute atomic E-state index is 12.2. The van der Waals surface area contributed by atoms with Crippen LogP contribution < -0.4 is 10.6 Å². The highest BCUT2D eigenvalue weighted by Gasteiger charge is 2.11. The Morgan fingerprint density at radius 1 is 1.19 bits per heavy atom. The number of benzene rings is 1. The number of rotatable bonds is 7. The average Bonchev–Trinajstić information content (AvgIpc) is 2.51. The fourth-order valence-corrected chi connectivity index (χ4v) is 2.28. The maximum Gasteiger partial charge on any atom is 0.269 e. The minimum Gasteiger partial charge on any atom is -0.370 e. The summed E-state index contributed by atoms with van der Waals surface area (Å²) in [6.07, 6.45) is 3.29. The van der Waals surface area contributed by atoms with Crippen molar-refractivity contribution in [2.45, 2.75) is 33.1 Å². The van der Waals surface area contributed by atoms with Crippen LogP contribution in [0, 0.1) is 0 Å². The molecule has 0 atom stereocenters. The molecule has 0 radical (unpaired) electrons. The van der Waals surface area contributed by atoms with Gasteiger partial charge in [0.25, 0.3) is 5.91 Å². The van der Waals surface area contributed by atoms with E-state index in [1.54, 1.807) is 0 Å². The molecule has 0 spiro atoms. The van der Waals surface area contributed by atoms with E-state index in [0.29, 0.717) is 12.2 Å². The first-order valence-electron chi connectivity index (χ1n) is 7.68. The van der Waals surface area contributed by atoms with Gasteiger partial charge in [-0.2, -0.15) is 0 Å². The Kier molecular flexibility index (Phi) is 5.55. The van der Waals surface area contributed by atoms with E-state index in [1.165, 1.54) is 0 Å². The Balaban J connectivity index is 2.21. The lowest BCUT2D eigenvalue weighted by atomic mass is 10.1. The molecule has 1 aromatic carbocycles. The topological polar surface area (TPSA) is 54.0 Å². The Morgan fingerprint density at radius 2 is 2.00 bits per heavy atom. The zero-order chi connectivity index (χ0) is 15.1. The van der Waals surface area contributed by atoms with Gasteiger partial charge in [-0.25, -0.2) is 4.98 Å². The number of nitrogens with one attached hydrogen (secondary N) is 2. The molecule has 2 N–H and O–H groups in total. The van der Waals surface area contributed by atoms with Crippen molar-refractivity contribution in [1.29, 1.82) is 0 Å². The molecule has 21 heavy (non-hydrogen) atoms. The predicted octanol–water partition coefficient (Wildman–Crippen LogP) is 3.59. The number of unbranched alkanes of at least 4 members (excludes halogenated alkanes) is 2. The molecule has 112 valence electrons. The van der Waals surface area contributed by atoms with E-state index in [1.807, 2.05) is 37.3 Å². The van der Waals surface area contributed by atoms with Crippen LogP contribution in [-0.2, 0) is 0 Å². The summed E-state index contributed by atoms with van der Waals surface area (Å²) in [6, 6.07) is 9.83. The van der Waals surface area contributed by atoms with E-state index >= 15 is 0 Å². The minimum absolute atomic E-state index is 0.101. The fraction of sp³-hybridized carbons (Fsp3) is 0.412. The Morgan fingerprint density at radius 3 is 2.76 bits per heavy atom. The van der Waals surface area contributed by atoms with E-state index in [2.05, 4.69) is 22.5 Å². The molecule has 0 saturated heterocycles. The van der Waals surface area contributed by atoms with Crippen LogP contribution in [-0.4, -0.2) is 24.0 Å². The quantitative estimate of drug-likeness (QED) is 0.764. The van der Waals surface area contributed by atoms with E-state index in [9.17, 15) is 4.79 Å². The number of fused-ring (bicyclic) bond motifs is 1. The second-order valence-corrected chi connectivity index (χ2v) is 5.07. The van der Waals surface area contributed by atoms with Crippen molar-refractivity contribution in [3.05, 3.63) is 36.0 Å². The third-order valence-corrected chi connectivity index (χ3v) is 3.38. The highest BCUT2D eigenvalue weighted by Crippen LogP contribution is 2.22. The molecule has 2 aromatic rings. The number of anilines is 1. The lowest BCUT2D eigenvalue weighted by Gasteiger charge is -2.10. The molecule has 1 heterocycles. The monoisotopic (exact) mass is 285 g/mol. The van der Waals surface area contributed by atoms with Crippen molar-refractivity contribution in [1.82, 2.24) is 10.3 Å². The highest BCUT2D eigenvalue weighted by atomic mass is 16.1. The van der Waals surface area contributed by atoms with E-state index in [-0.39, 0.29) is 5.91 Å². The minimum atomic E-state index is -0.101. The van der Waals surface area contributed by atoms with Crippen LogP contribution in [0.5, 0.6) is 0 Å². The lowest BCUT2D eigenvalue weighted by molar-refractivity contribution is 0.0948. The molecular weight excluding hydrogens is 262 g/mol. The SMILES string of the molecule is CCCCCNC(=O)c1cc2ccccc2c(NCC)n1. The summed E-state index contributed by atoms with van der Waals surface area (Å²) < 4.78 is 0. The number of nitrogens with zero attached hydrogens (tertiary/aromatic N) is 1. The van der Waals surface area contributed by atoms with E-state index in [0.717, 1.165) is 42.4 Å². The standard InChI is InChI=1S/C17H23N3O/c1-3-5-8-11-19-17(21)15-12-13-9-6-7-10-14(13)16(20-15)18-4-2/h6-7,9-10,12H,3-5,8,11H2,1-2H3,(H,18,20)(H,19,21). The van der Waals surface area contributed by atoms with Gasteiger partial charge in [0, 0.05) is 18.5 Å². The molecule has 4 heteroatoms. The molecule has 4 nitrogen and oxygen atoms in total. The average molecular weight is 285 g/mol. The van der Waals surface area contributed by atoms with Crippen LogP contribution in [0.4, 0.5) is 5.82 Å². The molecule has 0 saturated carbocycles. The van der Waals surface area contributed by atoms with Gasteiger partial charge < -0.3 is 10.6 Å². The molecule has 1 amide bonds. The zero-order valence-electron chi connectivity index (χ0n) is 12.8. The number of hydrogen-bond acceptors (Lipinski definition) is 3. The van der Waals surface area contributed by atoms with Crippen molar-refractivity contribution in [2.75, 3.05) is 18.4 Å². The summed E-state index contributed by atoms with van der Waals surface area (Å²) in [7, 11) is 0. The summed E-state index contributed by atoms with van der Waals surface area (Å²) in [5.74, 6) is 0.672. The molecule has 0 bridgehead atoms. The second-order valence-electron chi connectivity index (χ2n) is 5.07. The highest BCUT2D eigenvalue weighted by molar-refractivity contribution is 6.00. The van der Waals surface area contributed by atoms with Crippen LogP contribution in [0.25, 0.3) is 10.8 Å². The van der Waals surface area contributed by atoms with Crippen LogP contribution >= 0.6 is 0 Å². The largest absolute Gasteiger partial charge is 0.370 e. The van der Waals surface area contributed by atoms with Crippen molar-refractivity contribution in [2.24, 2.45) is 0 Å². The van der Waals surface area contributed by atoms with Gasteiger partial charge in [-0.05, 0) is 24.8 Å². The summed E-state index contributed by atoms with van der Waals surface area (Å²) in [5.41, 5.74) is 0.473. The van der Waals surface area contributed by atoms with Crippen LogP contribution in [0.3, 0.4) is 0 Å². The van der Waals surface area contributed by atoms with Crippen LogP contribution in [0.15, 0.2) is 30.3 Å². The Bertz CT molecular complexity index is 610. The normalized spacial score (nSPS) is 10.6. The van der Waals surface area contributed by atoms with Crippen molar-refractivity contribution >= 4 is 22.5 Å². The number of hydrogen-bond donors (Lipinski definition) is 2. The molecule has 1 aromatic heterocycles. The molecule has 2 rings (SSSR count). The number of pyridine rings is 1. The first kappa shape index (κ1) is 15.3. The summed E-state index contributed by atoms with van der Waals surface area (Å²) in [4.78, 5) is 16.7. The molecule has 0 fully saturated rings. The second kappa shape index (κ2) is 7.62. The smallest absolute Gasteiger partial charge is 0.269 e. The number of carbonyl (C=O) groups excluding carboxylic acids is 1. The summed E-state index contributed by atoms with van der Waals surface area (Å²) >= 11 is 0. The third kappa shape index (κ3) is 3.94. The number of amides is 1. The fourth-order valence-electron chi connectivity index (χ4n) is 2.28. The van der Waals surface area contributed by atoms with Crippen LogP contribution in [0.2, 0.25) is 0 Å². The first-order valence-corrected chi connectivity index (χ1v) is 7.68. The zero-order valence-corrected chi connectivity index (χ0v) is 12.8. The summed E-state index contributed by atoms with van der Waals surface area (Å²) in [5, 5.41) is 8.24.